The fourth-order valence-electron chi connectivity index (χ4n) is 0.687. The highest BCUT2D eigenvalue weighted by Gasteiger charge is 2.50. The van der Waals surface area contributed by atoms with Crippen molar-refractivity contribution in [3.8, 4) is 0 Å². The molecule has 0 rings (SSSR count). The largest absolute Gasteiger partial charge is 0.383 e. The lowest BCUT2D eigenvalue weighted by molar-refractivity contribution is -0.180. The summed E-state index contributed by atoms with van der Waals surface area (Å²) in [4.78, 5) is 11.4. The zero-order chi connectivity index (χ0) is 11.5. The van der Waals surface area contributed by atoms with Crippen molar-refractivity contribution in [1.82, 2.24) is 4.90 Å². The van der Waals surface area contributed by atoms with Gasteiger partial charge in [0.2, 0.25) is 0 Å². The van der Waals surface area contributed by atoms with E-state index in [0.29, 0.717) is 4.90 Å². The molecule has 3 nitrogen and oxygen atoms in total. The Morgan fingerprint density at radius 3 is 2.13 bits per heavy atom. The van der Waals surface area contributed by atoms with E-state index in [2.05, 4.69) is 0 Å². The van der Waals surface area contributed by atoms with Crippen LogP contribution in [0.15, 0.2) is 0 Å². The summed E-state index contributed by atoms with van der Waals surface area (Å²) in [7, 11) is 1.01. The van der Waals surface area contributed by atoms with Gasteiger partial charge in [-0.05, 0) is 6.92 Å². The van der Waals surface area contributed by atoms with Crippen molar-refractivity contribution < 1.29 is 22.4 Å². The predicted molar refractivity (Wildman–Crippen MR) is 49.5 cm³/mol. The summed E-state index contributed by atoms with van der Waals surface area (Å²) < 4.78 is 48.5. The fraction of sp³-hybridized carbons (Fsp3) is 0.857. The maximum atomic E-state index is 12.5. The van der Waals surface area contributed by atoms with Gasteiger partial charge in [-0.2, -0.15) is 8.78 Å². The Hall–Kier alpha value is -0.560. The summed E-state index contributed by atoms with van der Waals surface area (Å²) in [5.74, 6) is -6.55. The number of halogens is 5. The summed E-state index contributed by atoms with van der Waals surface area (Å²) >= 11 is 0. The van der Waals surface area contributed by atoms with E-state index in [4.69, 9.17) is 5.73 Å². The van der Waals surface area contributed by atoms with Crippen LogP contribution in [0.5, 0.6) is 0 Å². The summed E-state index contributed by atoms with van der Waals surface area (Å²) in [6, 6.07) is -0.702. The molecule has 0 aliphatic heterocycles. The van der Waals surface area contributed by atoms with Crippen molar-refractivity contribution >= 4 is 18.3 Å². The minimum atomic E-state index is -4.64. The molecule has 0 fully saturated rings. The lowest BCUT2D eigenvalue weighted by Gasteiger charge is -2.27. The first kappa shape index (κ1) is 16.9. The van der Waals surface area contributed by atoms with Crippen molar-refractivity contribution in [3.05, 3.63) is 0 Å². The molecule has 0 aromatic rings. The third kappa shape index (κ3) is 3.83. The van der Waals surface area contributed by atoms with E-state index in [9.17, 15) is 22.4 Å². The highest BCUT2D eigenvalue weighted by atomic mass is 35.5. The van der Waals surface area contributed by atoms with Crippen LogP contribution in [0.25, 0.3) is 0 Å². The maximum absolute atomic E-state index is 12.5. The van der Waals surface area contributed by atoms with Gasteiger partial charge in [-0.25, -0.2) is 8.78 Å². The number of alkyl halides is 4. The van der Waals surface area contributed by atoms with E-state index in [0.717, 1.165) is 7.05 Å². The van der Waals surface area contributed by atoms with Gasteiger partial charge in [0.15, 0.2) is 0 Å². The summed E-state index contributed by atoms with van der Waals surface area (Å²) in [5.41, 5.74) is 5.10. The highest BCUT2D eigenvalue weighted by molar-refractivity contribution is 5.85. The number of carbonyl (C=O) groups excluding carboxylic acids is 1. The van der Waals surface area contributed by atoms with Crippen LogP contribution in [-0.4, -0.2) is 42.8 Å². The van der Waals surface area contributed by atoms with Gasteiger partial charge in [0.25, 0.3) is 5.91 Å². The third-order valence-corrected chi connectivity index (χ3v) is 1.88. The number of likely N-dealkylation sites (N-methyl/N-ethyl adjacent to an activating group) is 1. The molecule has 15 heavy (non-hydrogen) atoms. The number of amides is 1. The Bertz CT molecular complexity index is 215. The first-order valence-corrected chi connectivity index (χ1v) is 3.88. The number of carbonyl (C=O) groups is 1. The Morgan fingerprint density at radius 1 is 1.47 bits per heavy atom. The van der Waals surface area contributed by atoms with Crippen molar-refractivity contribution in [2.75, 3.05) is 13.6 Å². The molecule has 0 aromatic heterocycles. The summed E-state index contributed by atoms with van der Waals surface area (Å²) in [6.45, 7) is 1.32. The molecular weight excluding hydrogens is 240 g/mol. The van der Waals surface area contributed by atoms with E-state index in [1.54, 1.807) is 0 Å². The molecule has 0 spiro atoms. The molecule has 1 atom stereocenters. The van der Waals surface area contributed by atoms with Crippen LogP contribution < -0.4 is 5.73 Å². The van der Waals surface area contributed by atoms with Gasteiger partial charge in [0.05, 0.1) is 0 Å². The van der Waals surface area contributed by atoms with Gasteiger partial charge in [-0.15, -0.1) is 12.4 Å². The van der Waals surface area contributed by atoms with Gasteiger partial charge in [-0.1, -0.05) is 0 Å². The van der Waals surface area contributed by atoms with Crippen molar-refractivity contribution in [1.29, 1.82) is 0 Å². The van der Waals surface area contributed by atoms with Gasteiger partial charge in [-0.3, -0.25) is 4.79 Å². The minimum absolute atomic E-state index is 0. The lowest BCUT2D eigenvalue weighted by Crippen LogP contribution is -2.50. The minimum Gasteiger partial charge on any atom is -0.336 e. The molecule has 1 amide bonds. The Morgan fingerprint density at radius 2 is 1.87 bits per heavy atom. The monoisotopic (exact) mass is 252 g/mol. The van der Waals surface area contributed by atoms with Crippen molar-refractivity contribution in [3.63, 3.8) is 0 Å². The smallest absolute Gasteiger partial charge is 0.336 e. The first-order valence-electron chi connectivity index (χ1n) is 3.88. The van der Waals surface area contributed by atoms with Crippen molar-refractivity contribution in [2.24, 2.45) is 5.73 Å². The second-order valence-electron chi connectivity index (χ2n) is 2.92. The zero-order valence-corrected chi connectivity index (χ0v) is 9.03. The first-order chi connectivity index (χ1) is 6.25. The summed E-state index contributed by atoms with van der Waals surface area (Å²) in [5, 5.41) is 0. The van der Waals surface area contributed by atoms with Gasteiger partial charge < -0.3 is 10.6 Å². The zero-order valence-electron chi connectivity index (χ0n) is 8.21. The number of hydrogen-bond donors (Lipinski definition) is 1. The molecule has 0 heterocycles. The van der Waals surface area contributed by atoms with Gasteiger partial charge >= 0.3 is 12.3 Å². The number of nitrogens with two attached hydrogens (primary N) is 1. The lowest BCUT2D eigenvalue weighted by atomic mass is 10.2. The Kier molecular flexibility index (Phi) is 6.87. The van der Waals surface area contributed by atoms with Gasteiger partial charge in [0.1, 0.15) is 0 Å². The van der Waals surface area contributed by atoms with Crippen LogP contribution in [0.3, 0.4) is 0 Å². The van der Waals surface area contributed by atoms with Crippen LogP contribution in [0.2, 0.25) is 0 Å². The molecule has 0 saturated carbocycles. The van der Waals surface area contributed by atoms with Crippen LogP contribution >= 0.6 is 12.4 Å². The molecule has 2 N–H and O–H groups in total. The quantitative estimate of drug-likeness (QED) is 0.762. The molecule has 8 heteroatoms. The van der Waals surface area contributed by atoms with Crippen molar-refractivity contribution in [2.45, 2.75) is 25.3 Å². The van der Waals surface area contributed by atoms with E-state index in [-0.39, 0.29) is 19.0 Å². The molecule has 0 aliphatic rings. The number of hydrogen-bond acceptors (Lipinski definition) is 2. The van der Waals surface area contributed by atoms with Crippen LogP contribution in [0.1, 0.15) is 6.92 Å². The van der Waals surface area contributed by atoms with E-state index >= 15 is 0 Å². The Labute approximate surface area is 91.0 Å². The normalized spacial score (nSPS) is 13.3. The fourth-order valence-corrected chi connectivity index (χ4v) is 0.687. The van der Waals surface area contributed by atoms with Crippen LogP contribution in [-0.2, 0) is 4.79 Å². The molecule has 0 aliphatic carbocycles. The van der Waals surface area contributed by atoms with E-state index < -0.39 is 24.3 Å². The van der Waals surface area contributed by atoms with E-state index in [1.807, 2.05) is 0 Å². The van der Waals surface area contributed by atoms with Crippen LogP contribution in [0, 0.1) is 0 Å². The molecule has 0 radical (unpaired) electrons. The average molecular weight is 253 g/mol. The van der Waals surface area contributed by atoms with Gasteiger partial charge in [0, 0.05) is 19.6 Å². The molecule has 0 bridgehead atoms. The average Bonchev–Trinajstić information content (AvgIpc) is 2.13. The third-order valence-electron chi connectivity index (χ3n) is 1.88. The highest BCUT2D eigenvalue weighted by Crippen LogP contribution is 2.25. The molecular formula is C7H13ClF4N2O. The molecule has 0 aromatic carbocycles. The number of rotatable bonds is 4. The predicted octanol–water partition coefficient (Wildman–Crippen LogP) is 1.11. The topological polar surface area (TPSA) is 46.3 Å². The van der Waals surface area contributed by atoms with Crippen LogP contribution in [0.4, 0.5) is 17.6 Å². The number of nitrogens with zero attached hydrogens (tertiary/aromatic N) is 1. The Balaban J connectivity index is 0. The second kappa shape index (κ2) is 6.12. The molecule has 0 saturated heterocycles. The van der Waals surface area contributed by atoms with E-state index in [1.165, 1.54) is 6.92 Å². The summed E-state index contributed by atoms with van der Waals surface area (Å²) in [6.07, 6.45) is -4.00. The maximum Gasteiger partial charge on any atom is 0.383 e. The standard InChI is InChI=1S/C7H12F4N2O.ClH/c1-4(3-12)13(2)6(14)7(10,11)5(8)9;/h4-5H,3,12H2,1-2H3;1H. The second-order valence-corrected chi connectivity index (χ2v) is 2.92. The molecule has 1 unspecified atom stereocenters. The SMILES string of the molecule is CC(CN)N(C)C(=O)C(F)(F)C(F)F.Cl. The molecule has 92 valence electrons.